The molecule has 1 aromatic rings. The number of nitrogens with one attached hydrogen (secondary N) is 1. The van der Waals surface area contributed by atoms with E-state index in [2.05, 4.69) is 5.32 Å². The zero-order valence-electron chi connectivity index (χ0n) is 10.9. The fourth-order valence-corrected chi connectivity index (χ4v) is 2.60. The van der Waals surface area contributed by atoms with Crippen molar-refractivity contribution in [2.45, 2.75) is 18.6 Å². The molecule has 0 heterocycles. The summed E-state index contributed by atoms with van der Waals surface area (Å²) in [6.45, 7) is 0.207. The maximum Gasteiger partial charge on any atom is 0.311 e. The Morgan fingerprint density at radius 3 is 2.50 bits per heavy atom. The first-order chi connectivity index (χ1) is 9.52. The second-order valence-corrected chi connectivity index (χ2v) is 5.97. The van der Waals surface area contributed by atoms with Crippen LogP contribution in [0.15, 0.2) is 24.3 Å². The van der Waals surface area contributed by atoms with Gasteiger partial charge in [0.05, 0.1) is 11.2 Å². The van der Waals surface area contributed by atoms with Gasteiger partial charge in [0.1, 0.15) is 5.82 Å². The van der Waals surface area contributed by atoms with E-state index in [4.69, 9.17) is 5.11 Å². The number of aliphatic carboxylic acids is 1. The average molecular weight is 297 g/mol. The van der Waals surface area contributed by atoms with Crippen molar-refractivity contribution in [2.24, 2.45) is 5.41 Å². The number of thioether (sulfide) groups is 1. The Labute approximate surface area is 120 Å². The van der Waals surface area contributed by atoms with Crippen LogP contribution < -0.4 is 5.32 Å². The van der Waals surface area contributed by atoms with Gasteiger partial charge in [0.2, 0.25) is 5.91 Å². The number of halogens is 1. The third kappa shape index (κ3) is 3.96. The van der Waals surface area contributed by atoms with Crippen molar-refractivity contribution >= 4 is 23.6 Å². The van der Waals surface area contributed by atoms with Crippen LogP contribution in [0.4, 0.5) is 4.39 Å². The lowest BCUT2D eigenvalue weighted by atomic mass is 10.1. The number of carboxylic acid groups (broad SMARTS) is 1. The van der Waals surface area contributed by atoms with E-state index in [1.165, 1.54) is 23.9 Å². The van der Waals surface area contributed by atoms with Gasteiger partial charge in [-0.05, 0) is 30.5 Å². The van der Waals surface area contributed by atoms with Gasteiger partial charge in [0, 0.05) is 12.3 Å². The molecular formula is C14H16FNO3S. The number of amides is 1. The number of carbonyl (C=O) groups excluding carboxylic acids is 1. The first kappa shape index (κ1) is 14.8. The van der Waals surface area contributed by atoms with E-state index in [0.29, 0.717) is 18.6 Å². The molecule has 1 aromatic carbocycles. The summed E-state index contributed by atoms with van der Waals surface area (Å²) >= 11 is 1.42. The van der Waals surface area contributed by atoms with Crippen LogP contribution >= 0.6 is 11.8 Å². The summed E-state index contributed by atoms with van der Waals surface area (Å²) in [7, 11) is 0. The lowest BCUT2D eigenvalue weighted by Crippen LogP contribution is -2.35. The molecule has 0 bridgehead atoms. The van der Waals surface area contributed by atoms with Crippen LogP contribution in [0.25, 0.3) is 0 Å². The minimum atomic E-state index is -0.836. The van der Waals surface area contributed by atoms with Crippen molar-refractivity contribution in [3.63, 3.8) is 0 Å². The summed E-state index contributed by atoms with van der Waals surface area (Å²) in [6.07, 6.45) is 1.26. The molecule has 2 rings (SSSR count). The minimum absolute atomic E-state index is 0.162. The summed E-state index contributed by atoms with van der Waals surface area (Å²) in [5, 5.41) is 11.6. The van der Waals surface area contributed by atoms with Crippen LogP contribution in [0.1, 0.15) is 18.4 Å². The minimum Gasteiger partial charge on any atom is -0.481 e. The second kappa shape index (κ2) is 6.26. The van der Waals surface area contributed by atoms with Crippen LogP contribution in [0, 0.1) is 11.2 Å². The van der Waals surface area contributed by atoms with E-state index >= 15 is 0 Å². The van der Waals surface area contributed by atoms with Crippen molar-refractivity contribution < 1.29 is 19.1 Å². The molecule has 0 aliphatic heterocycles. The molecule has 6 heteroatoms. The maximum absolute atomic E-state index is 12.7. The maximum atomic E-state index is 12.7. The van der Waals surface area contributed by atoms with Crippen LogP contribution in [0.2, 0.25) is 0 Å². The smallest absolute Gasteiger partial charge is 0.311 e. The highest BCUT2D eigenvalue weighted by molar-refractivity contribution is 7.99. The number of carbonyl (C=O) groups is 2. The summed E-state index contributed by atoms with van der Waals surface area (Å²) in [6, 6.07) is 6.15. The van der Waals surface area contributed by atoms with Gasteiger partial charge < -0.3 is 10.4 Å². The molecule has 0 saturated heterocycles. The fourth-order valence-electron chi connectivity index (χ4n) is 1.78. The first-order valence-corrected chi connectivity index (χ1v) is 7.50. The third-order valence-electron chi connectivity index (χ3n) is 3.35. The van der Waals surface area contributed by atoms with Gasteiger partial charge in [-0.2, -0.15) is 0 Å². The Morgan fingerprint density at radius 1 is 1.30 bits per heavy atom. The molecule has 0 atom stereocenters. The monoisotopic (exact) mass is 297 g/mol. The van der Waals surface area contributed by atoms with Crippen LogP contribution in [0.3, 0.4) is 0 Å². The van der Waals surface area contributed by atoms with Gasteiger partial charge in [-0.25, -0.2) is 4.39 Å². The van der Waals surface area contributed by atoms with Gasteiger partial charge in [-0.1, -0.05) is 12.1 Å². The molecular weight excluding hydrogens is 281 g/mol. The predicted octanol–water partition coefficient (Wildman–Crippen LogP) is 2.04. The molecule has 1 aliphatic rings. The Hall–Kier alpha value is -1.56. The molecule has 0 radical (unpaired) electrons. The fraction of sp³-hybridized carbons (Fsp3) is 0.429. The van der Waals surface area contributed by atoms with Crippen molar-refractivity contribution in [3.8, 4) is 0 Å². The Bertz CT molecular complexity index is 500. The van der Waals surface area contributed by atoms with Crippen molar-refractivity contribution in [1.82, 2.24) is 5.32 Å². The summed E-state index contributed by atoms with van der Waals surface area (Å²) in [5.41, 5.74) is 0.227. The van der Waals surface area contributed by atoms with Crippen molar-refractivity contribution in [2.75, 3.05) is 12.3 Å². The van der Waals surface area contributed by atoms with E-state index in [1.807, 2.05) is 0 Å². The van der Waals surface area contributed by atoms with E-state index in [0.717, 1.165) is 5.56 Å². The molecule has 0 aromatic heterocycles. The zero-order chi connectivity index (χ0) is 14.6. The number of rotatable bonds is 7. The van der Waals surface area contributed by atoms with Crippen molar-refractivity contribution in [3.05, 3.63) is 35.6 Å². The molecule has 1 aliphatic carbocycles. The quantitative estimate of drug-likeness (QED) is 0.808. The van der Waals surface area contributed by atoms with Gasteiger partial charge in [-0.3, -0.25) is 9.59 Å². The molecule has 1 saturated carbocycles. The molecule has 0 spiro atoms. The van der Waals surface area contributed by atoms with Gasteiger partial charge in [-0.15, -0.1) is 11.8 Å². The van der Waals surface area contributed by atoms with Crippen LogP contribution in [-0.4, -0.2) is 29.3 Å². The van der Waals surface area contributed by atoms with Crippen LogP contribution in [-0.2, 0) is 15.3 Å². The molecule has 108 valence electrons. The molecule has 0 unspecified atom stereocenters. The average Bonchev–Trinajstić information content (AvgIpc) is 3.20. The Kier molecular flexibility index (Phi) is 4.65. The highest BCUT2D eigenvalue weighted by atomic mass is 32.2. The van der Waals surface area contributed by atoms with E-state index in [9.17, 15) is 14.0 Å². The van der Waals surface area contributed by atoms with Crippen molar-refractivity contribution in [1.29, 1.82) is 0 Å². The number of benzene rings is 1. The standard InChI is InChI=1S/C14H16FNO3S/c15-11-3-1-10(2-4-11)7-20-8-12(17)16-9-14(5-6-14)13(18)19/h1-4H,5-9H2,(H,16,17)(H,18,19). The second-order valence-electron chi connectivity index (χ2n) is 4.98. The summed E-state index contributed by atoms with van der Waals surface area (Å²) < 4.78 is 12.7. The summed E-state index contributed by atoms with van der Waals surface area (Å²) in [5.74, 6) is -0.383. The molecule has 2 N–H and O–H groups in total. The zero-order valence-corrected chi connectivity index (χ0v) is 11.7. The molecule has 4 nitrogen and oxygen atoms in total. The van der Waals surface area contributed by atoms with E-state index < -0.39 is 11.4 Å². The van der Waals surface area contributed by atoms with Gasteiger partial charge in [0.15, 0.2) is 0 Å². The SMILES string of the molecule is O=C(CSCc1ccc(F)cc1)NCC1(C(=O)O)CC1. The number of carboxylic acids is 1. The number of hydrogen-bond acceptors (Lipinski definition) is 3. The third-order valence-corrected chi connectivity index (χ3v) is 4.35. The number of hydrogen-bond donors (Lipinski definition) is 2. The lowest BCUT2D eigenvalue weighted by molar-refractivity contribution is -0.143. The first-order valence-electron chi connectivity index (χ1n) is 6.34. The topological polar surface area (TPSA) is 66.4 Å². The highest BCUT2D eigenvalue weighted by Gasteiger charge is 2.50. The van der Waals surface area contributed by atoms with Crippen LogP contribution in [0.5, 0.6) is 0 Å². The van der Waals surface area contributed by atoms with Gasteiger partial charge in [0.25, 0.3) is 0 Å². The molecule has 20 heavy (non-hydrogen) atoms. The Balaban J connectivity index is 1.65. The normalized spacial score (nSPS) is 15.7. The Morgan fingerprint density at radius 2 is 1.95 bits per heavy atom. The van der Waals surface area contributed by atoms with E-state index in [1.54, 1.807) is 12.1 Å². The van der Waals surface area contributed by atoms with Gasteiger partial charge >= 0.3 is 5.97 Å². The summed E-state index contributed by atoms with van der Waals surface area (Å²) in [4.78, 5) is 22.5. The predicted molar refractivity (Wildman–Crippen MR) is 74.9 cm³/mol. The molecule has 1 fully saturated rings. The molecule has 1 amide bonds. The largest absolute Gasteiger partial charge is 0.481 e. The lowest BCUT2D eigenvalue weighted by Gasteiger charge is -2.10. The van der Waals surface area contributed by atoms with E-state index in [-0.39, 0.29) is 24.0 Å². The highest BCUT2D eigenvalue weighted by Crippen LogP contribution is 2.45.